The summed E-state index contributed by atoms with van der Waals surface area (Å²) in [4.78, 5) is 31.7. The summed E-state index contributed by atoms with van der Waals surface area (Å²) in [6.07, 6.45) is -0.186. The van der Waals surface area contributed by atoms with Crippen LogP contribution < -0.4 is 11.1 Å². The van der Waals surface area contributed by atoms with E-state index in [0.717, 1.165) is 6.07 Å². The lowest BCUT2D eigenvalue weighted by molar-refractivity contribution is -0.384. The molecule has 0 saturated carbocycles. The first-order chi connectivity index (χ1) is 8.81. The van der Waals surface area contributed by atoms with Crippen molar-refractivity contribution in [2.45, 2.75) is 19.4 Å². The van der Waals surface area contributed by atoms with Crippen LogP contribution >= 0.6 is 0 Å². The van der Waals surface area contributed by atoms with Gasteiger partial charge < -0.3 is 16.2 Å². The number of carboxylic acid groups (broad SMARTS) is 1. The molecule has 1 unspecified atom stereocenters. The molecule has 1 aromatic rings. The minimum absolute atomic E-state index is 0.0168. The number of benzene rings is 1. The third-order valence-corrected chi connectivity index (χ3v) is 2.36. The number of aliphatic carboxylic acids is 1. The number of rotatable bonds is 6. The van der Waals surface area contributed by atoms with Crippen LogP contribution in [0.2, 0.25) is 0 Å². The number of anilines is 1. The first kappa shape index (κ1) is 14.4. The molecule has 1 aromatic carbocycles. The largest absolute Gasteiger partial charge is 0.481 e. The number of amides is 1. The second-order valence-electron chi connectivity index (χ2n) is 4.00. The summed E-state index contributed by atoms with van der Waals surface area (Å²) in [6.45, 7) is 1.58. The minimum atomic E-state index is -1.02. The Morgan fingerprint density at radius 3 is 2.63 bits per heavy atom. The fraction of sp³-hybridized carbons (Fsp3) is 0.273. The highest BCUT2D eigenvalue weighted by Gasteiger charge is 2.18. The average Bonchev–Trinajstić information content (AvgIpc) is 2.27. The van der Waals surface area contributed by atoms with Crippen LogP contribution in [0.5, 0.6) is 0 Å². The number of carbonyl (C=O) groups is 2. The van der Waals surface area contributed by atoms with Gasteiger partial charge >= 0.3 is 5.97 Å². The average molecular weight is 267 g/mol. The maximum atomic E-state index is 11.0. The monoisotopic (exact) mass is 267 g/mol. The molecule has 0 heterocycles. The van der Waals surface area contributed by atoms with Gasteiger partial charge in [0.05, 0.1) is 11.3 Å². The van der Waals surface area contributed by atoms with Crippen molar-refractivity contribution in [2.75, 3.05) is 5.32 Å². The zero-order valence-electron chi connectivity index (χ0n) is 10.1. The Kier molecular flexibility index (Phi) is 4.41. The molecule has 19 heavy (non-hydrogen) atoms. The number of hydrogen-bond donors (Lipinski definition) is 3. The summed E-state index contributed by atoms with van der Waals surface area (Å²) in [5, 5.41) is 22.2. The molecule has 0 bridgehead atoms. The first-order valence-electron chi connectivity index (χ1n) is 5.38. The number of carbonyl (C=O) groups excluding carboxylic acids is 1. The zero-order valence-corrected chi connectivity index (χ0v) is 10.1. The molecule has 0 aliphatic rings. The molecule has 1 amide bonds. The Hall–Kier alpha value is -2.64. The van der Waals surface area contributed by atoms with Crippen molar-refractivity contribution < 1.29 is 19.6 Å². The van der Waals surface area contributed by atoms with Crippen molar-refractivity contribution in [3.8, 4) is 0 Å². The van der Waals surface area contributed by atoms with Gasteiger partial charge in [-0.1, -0.05) is 0 Å². The number of hydrogen-bond acceptors (Lipinski definition) is 5. The van der Waals surface area contributed by atoms with Crippen LogP contribution in [-0.4, -0.2) is 27.9 Å². The molecule has 0 aliphatic carbocycles. The summed E-state index contributed by atoms with van der Waals surface area (Å²) in [5.41, 5.74) is 4.87. The van der Waals surface area contributed by atoms with Crippen molar-refractivity contribution in [3.05, 3.63) is 33.9 Å². The van der Waals surface area contributed by atoms with E-state index in [1.165, 1.54) is 12.1 Å². The maximum Gasteiger partial charge on any atom is 0.305 e. The minimum Gasteiger partial charge on any atom is -0.481 e. The van der Waals surface area contributed by atoms with E-state index < -0.39 is 22.8 Å². The molecule has 0 spiro atoms. The van der Waals surface area contributed by atoms with Crippen molar-refractivity contribution in [1.82, 2.24) is 0 Å². The van der Waals surface area contributed by atoms with Crippen molar-refractivity contribution in [1.29, 1.82) is 0 Å². The van der Waals surface area contributed by atoms with Crippen LogP contribution in [0.1, 0.15) is 23.7 Å². The van der Waals surface area contributed by atoms with Gasteiger partial charge in [0.2, 0.25) is 5.91 Å². The van der Waals surface area contributed by atoms with Crippen LogP contribution in [0.25, 0.3) is 0 Å². The molecule has 1 atom stereocenters. The molecular formula is C11H13N3O5. The predicted octanol–water partition coefficient (Wildman–Crippen LogP) is 0.969. The van der Waals surface area contributed by atoms with Crippen LogP contribution in [0.4, 0.5) is 11.4 Å². The standard InChI is InChI=1S/C11H13N3O5/c1-6(4-10(15)16)13-8-3-2-7(11(12)17)5-9(8)14(18)19/h2-3,5-6,13H,4H2,1H3,(H2,12,17)(H,15,16). The Balaban J connectivity index is 3.03. The smallest absolute Gasteiger partial charge is 0.305 e. The lowest BCUT2D eigenvalue weighted by atomic mass is 10.1. The topological polar surface area (TPSA) is 136 Å². The fourth-order valence-corrected chi connectivity index (χ4v) is 1.54. The highest BCUT2D eigenvalue weighted by Crippen LogP contribution is 2.26. The van der Waals surface area contributed by atoms with Gasteiger partial charge in [-0.25, -0.2) is 0 Å². The normalized spacial score (nSPS) is 11.6. The molecule has 0 radical (unpaired) electrons. The van der Waals surface area contributed by atoms with Crippen LogP contribution in [0.3, 0.4) is 0 Å². The number of nitro benzene ring substituents is 1. The molecule has 0 fully saturated rings. The van der Waals surface area contributed by atoms with E-state index in [4.69, 9.17) is 10.8 Å². The van der Waals surface area contributed by atoms with E-state index in [9.17, 15) is 19.7 Å². The highest BCUT2D eigenvalue weighted by atomic mass is 16.6. The summed E-state index contributed by atoms with van der Waals surface area (Å²) in [7, 11) is 0. The number of nitrogens with zero attached hydrogens (tertiary/aromatic N) is 1. The SMILES string of the molecule is CC(CC(=O)O)Nc1ccc(C(N)=O)cc1[N+](=O)[O-]. The number of nitrogens with two attached hydrogens (primary N) is 1. The van der Waals surface area contributed by atoms with Gasteiger partial charge in [0.1, 0.15) is 5.69 Å². The number of nitrogens with one attached hydrogen (secondary N) is 1. The Morgan fingerprint density at radius 2 is 2.16 bits per heavy atom. The number of nitro groups is 1. The highest BCUT2D eigenvalue weighted by molar-refractivity contribution is 5.94. The van der Waals surface area contributed by atoms with Crippen molar-refractivity contribution in [2.24, 2.45) is 5.73 Å². The van der Waals surface area contributed by atoms with E-state index in [1.807, 2.05) is 0 Å². The molecule has 0 aromatic heterocycles. The lowest BCUT2D eigenvalue weighted by Crippen LogP contribution is -2.20. The van der Waals surface area contributed by atoms with E-state index in [-0.39, 0.29) is 23.4 Å². The Bertz CT molecular complexity index is 529. The van der Waals surface area contributed by atoms with Crippen LogP contribution in [-0.2, 0) is 4.79 Å². The van der Waals surface area contributed by atoms with Crippen molar-refractivity contribution >= 4 is 23.3 Å². The molecule has 4 N–H and O–H groups in total. The van der Waals surface area contributed by atoms with E-state index in [0.29, 0.717) is 0 Å². The molecular weight excluding hydrogens is 254 g/mol. The number of carboxylic acids is 1. The Morgan fingerprint density at radius 1 is 1.53 bits per heavy atom. The Labute approximate surface area is 108 Å². The van der Waals surface area contributed by atoms with Crippen LogP contribution in [0.15, 0.2) is 18.2 Å². The molecule has 0 saturated heterocycles. The van der Waals surface area contributed by atoms with Crippen LogP contribution in [0, 0.1) is 10.1 Å². The van der Waals surface area contributed by atoms with Crippen molar-refractivity contribution in [3.63, 3.8) is 0 Å². The third-order valence-electron chi connectivity index (χ3n) is 2.36. The van der Waals surface area contributed by atoms with Gasteiger partial charge in [-0.3, -0.25) is 19.7 Å². The second kappa shape index (κ2) is 5.80. The predicted molar refractivity (Wildman–Crippen MR) is 67.0 cm³/mol. The van der Waals surface area contributed by atoms with Gasteiger partial charge in [-0.15, -0.1) is 0 Å². The quantitative estimate of drug-likeness (QED) is 0.519. The van der Waals surface area contributed by atoms with Gasteiger partial charge in [0, 0.05) is 17.7 Å². The van der Waals surface area contributed by atoms with E-state index >= 15 is 0 Å². The summed E-state index contributed by atoms with van der Waals surface area (Å²) in [5.74, 6) is -1.79. The number of primary amides is 1. The molecule has 1 rings (SSSR count). The molecule has 8 heteroatoms. The zero-order chi connectivity index (χ0) is 14.6. The van der Waals surface area contributed by atoms with E-state index in [2.05, 4.69) is 5.32 Å². The van der Waals surface area contributed by atoms with Gasteiger partial charge in [-0.05, 0) is 19.1 Å². The fourth-order valence-electron chi connectivity index (χ4n) is 1.54. The molecule has 8 nitrogen and oxygen atoms in total. The van der Waals surface area contributed by atoms with E-state index in [1.54, 1.807) is 6.92 Å². The molecule has 102 valence electrons. The molecule has 0 aliphatic heterocycles. The van der Waals surface area contributed by atoms with Gasteiger partial charge in [0.25, 0.3) is 5.69 Å². The van der Waals surface area contributed by atoms with Gasteiger partial charge in [-0.2, -0.15) is 0 Å². The first-order valence-corrected chi connectivity index (χ1v) is 5.38. The summed E-state index contributed by atoms with van der Waals surface area (Å²) >= 11 is 0. The second-order valence-corrected chi connectivity index (χ2v) is 4.00. The third kappa shape index (κ3) is 3.95. The summed E-state index contributed by atoms with van der Waals surface area (Å²) < 4.78 is 0. The lowest BCUT2D eigenvalue weighted by Gasteiger charge is -2.13. The summed E-state index contributed by atoms with van der Waals surface area (Å²) in [6, 6.07) is 3.23. The maximum absolute atomic E-state index is 11.0. The van der Waals surface area contributed by atoms with Gasteiger partial charge in [0.15, 0.2) is 0 Å².